The lowest BCUT2D eigenvalue weighted by Gasteiger charge is -2.38. The fourth-order valence-electron chi connectivity index (χ4n) is 3.04. The Hall–Kier alpha value is -0.160. The Morgan fingerprint density at radius 2 is 2.29 bits per heavy atom. The maximum absolute atomic E-state index is 9.69. The highest BCUT2D eigenvalue weighted by Gasteiger charge is 2.28. The number of nitrogens with one attached hydrogen (secondary N) is 1. The summed E-state index contributed by atoms with van der Waals surface area (Å²) in [5.74, 6) is 0.578. The van der Waals surface area contributed by atoms with Crippen molar-refractivity contribution in [2.45, 2.75) is 38.3 Å². The summed E-state index contributed by atoms with van der Waals surface area (Å²) < 4.78 is 5.60. The number of β-amino-alcohol motifs (C(OH)–C–C–N with tert-alkyl or cyclic N) is 1. The van der Waals surface area contributed by atoms with Crippen LogP contribution in [0.1, 0.15) is 26.2 Å². The topological polar surface area (TPSA) is 44.7 Å². The van der Waals surface area contributed by atoms with Crippen LogP contribution in [0.5, 0.6) is 0 Å². The van der Waals surface area contributed by atoms with Crippen LogP contribution in [0, 0.1) is 5.92 Å². The van der Waals surface area contributed by atoms with E-state index in [9.17, 15) is 5.11 Å². The SMILES string of the molecule is CCNC1CCOCC1CN1CCCC(O)C1. The predicted octanol–water partition coefficient (Wildman–Crippen LogP) is 0.458. The third kappa shape index (κ3) is 3.91. The van der Waals surface area contributed by atoms with E-state index in [0.29, 0.717) is 12.0 Å². The van der Waals surface area contributed by atoms with Gasteiger partial charge in [0, 0.05) is 31.7 Å². The maximum atomic E-state index is 9.69. The minimum absolute atomic E-state index is 0.120. The monoisotopic (exact) mass is 242 g/mol. The van der Waals surface area contributed by atoms with Gasteiger partial charge >= 0.3 is 0 Å². The minimum Gasteiger partial charge on any atom is -0.392 e. The van der Waals surface area contributed by atoms with Crippen molar-refractivity contribution in [3.63, 3.8) is 0 Å². The Morgan fingerprint density at radius 3 is 3.06 bits per heavy atom. The molecule has 17 heavy (non-hydrogen) atoms. The molecule has 0 amide bonds. The van der Waals surface area contributed by atoms with Crippen molar-refractivity contribution in [1.29, 1.82) is 0 Å². The molecule has 100 valence electrons. The van der Waals surface area contributed by atoms with E-state index in [0.717, 1.165) is 58.7 Å². The first-order chi connectivity index (χ1) is 8.29. The third-order valence-corrected chi connectivity index (χ3v) is 3.91. The molecule has 3 unspecified atom stereocenters. The molecule has 4 heteroatoms. The van der Waals surface area contributed by atoms with Gasteiger partial charge in [-0.05, 0) is 32.4 Å². The van der Waals surface area contributed by atoms with Gasteiger partial charge < -0.3 is 20.1 Å². The number of piperidine rings is 1. The standard InChI is InChI=1S/C13H26N2O2/c1-2-14-13-5-7-17-10-11(13)8-15-6-3-4-12(16)9-15/h11-14,16H,2-10H2,1H3. The molecule has 4 nitrogen and oxygen atoms in total. The van der Waals surface area contributed by atoms with Crippen LogP contribution >= 0.6 is 0 Å². The van der Waals surface area contributed by atoms with E-state index >= 15 is 0 Å². The first-order valence-corrected chi connectivity index (χ1v) is 7.01. The zero-order chi connectivity index (χ0) is 12.1. The molecule has 0 aromatic rings. The van der Waals surface area contributed by atoms with Crippen LogP contribution in [0.25, 0.3) is 0 Å². The summed E-state index contributed by atoms with van der Waals surface area (Å²) in [5, 5.41) is 13.3. The lowest BCUT2D eigenvalue weighted by molar-refractivity contribution is 0.000321. The summed E-state index contributed by atoms with van der Waals surface area (Å²) >= 11 is 0. The van der Waals surface area contributed by atoms with Gasteiger partial charge in [0.2, 0.25) is 0 Å². The van der Waals surface area contributed by atoms with Gasteiger partial charge in [0.25, 0.3) is 0 Å². The Bertz CT molecular complexity index is 223. The maximum Gasteiger partial charge on any atom is 0.0667 e. The zero-order valence-corrected chi connectivity index (χ0v) is 10.9. The van der Waals surface area contributed by atoms with Crippen molar-refractivity contribution in [3.05, 3.63) is 0 Å². The van der Waals surface area contributed by atoms with E-state index in [1.54, 1.807) is 0 Å². The van der Waals surface area contributed by atoms with Crippen molar-refractivity contribution in [3.8, 4) is 0 Å². The molecule has 3 atom stereocenters. The quantitative estimate of drug-likeness (QED) is 0.752. The highest BCUT2D eigenvalue weighted by Crippen LogP contribution is 2.19. The summed E-state index contributed by atoms with van der Waals surface area (Å²) in [7, 11) is 0. The van der Waals surface area contributed by atoms with E-state index in [-0.39, 0.29) is 6.10 Å². The summed E-state index contributed by atoms with van der Waals surface area (Å²) in [6.07, 6.45) is 3.09. The molecule has 0 bridgehead atoms. The van der Waals surface area contributed by atoms with Crippen LogP contribution < -0.4 is 5.32 Å². The highest BCUT2D eigenvalue weighted by atomic mass is 16.5. The van der Waals surface area contributed by atoms with Crippen molar-refractivity contribution < 1.29 is 9.84 Å². The van der Waals surface area contributed by atoms with Gasteiger partial charge in [-0.25, -0.2) is 0 Å². The van der Waals surface area contributed by atoms with Gasteiger partial charge in [-0.1, -0.05) is 6.92 Å². The van der Waals surface area contributed by atoms with Crippen LogP contribution in [0.2, 0.25) is 0 Å². The smallest absolute Gasteiger partial charge is 0.0667 e. The Morgan fingerprint density at radius 1 is 1.41 bits per heavy atom. The summed E-state index contributed by atoms with van der Waals surface area (Å²) in [5.41, 5.74) is 0. The van der Waals surface area contributed by atoms with E-state index in [2.05, 4.69) is 17.1 Å². The van der Waals surface area contributed by atoms with Gasteiger partial charge in [0.05, 0.1) is 12.7 Å². The van der Waals surface area contributed by atoms with Gasteiger partial charge in [-0.15, -0.1) is 0 Å². The molecule has 0 spiro atoms. The van der Waals surface area contributed by atoms with Crippen molar-refractivity contribution in [1.82, 2.24) is 10.2 Å². The van der Waals surface area contributed by atoms with Crippen molar-refractivity contribution in [2.75, 3.05) is 39.4 Å². The number of hydrogen-bond acceptors (Lipinski definition) is 4. The normalized spacial score (nSPS) is 36.0. The molecule has 0 radical (unpaired) electrons. The molecule has 2 heterocycles. The van der Waals surface area contributed by atoms with E-state index in [1.165, 1.54) is 0 Å². The Labute approximate surface area is 104 Å². The minimum atomic E-state index is -0.120. The van der Waals surface area contributed by atoms with E-state index < -0.39 is 0 Å². The molecule has 2 saturated heterocycles. The number of aliphatic hydroxyl groups is 1. The molecule has 0 aromatic carbocycles. The molecule has 2 N–H and O–H groups in total. The van der Waals surface area contributed by atoms with Crippen LogP contribution in [-0.4, -0.2) is 61.5 Å². The second kappa shape index (κ2) is 6.69. The number of aliphatic hydroxyl groups excluding tert-OH is 1. The summed E-state index contributed by atoms with van der Waals surface area (Å²) in [6.45, 7) is 7.98. The summed E-state index contributed by atoms with van der Waals surface area (Å²) in [6, 6.07) is 0.591. The number of hydrogen-bond donors (Lipinski definition) is 2. The van der Waals surface area contributed by atoms with Crippen molar-refractivity contribution >= 4 is 0 Å². The number of ether oxygens (including phenoxy) is 1. The van der Waals surface area contributed by atoms with Crippen LogP contribution in [0.4, 0.5) is 0 Å². The summed E-state index contributed by atoms with van der Waals surface area (Å²) in [4.78, 5) is 2.40. The Balaban J connectivity index is 1.82. The molecular formula is C13H26N2O2. The average molecular weight is 242 g/mol. The fourth-order valence-corrected chi connectivity index (χ4v) is 3.04. The van der Waals surface area contributed by atoms with E-state index in [1.807, 2.05) is 0 Å². The average Bonchev–Trinajstić information content (AvgIpc) is 2.32. The molecule has 0 aliphatic carbocycles. The molecule has 0 aromatic heterocycles. The first-order valence-electron chi connectivity index (χ1n) is 7.01. The van der Waals surface area contributed by atoms with Crippen molar-refractivity contribution in [2.24, 2.45) is 5.92 Å². The number of rotatable bonds is 4. The fraction of sp³-hybridized carbons (Fsp3) is 1.00. The molecule has 2 aliphatic heterocycles. The first kappa shape index (κ1) is 13.3. The lowest BCUT2D eigenvalue weighted by Crippen LogP contribution is -2.50. The second-order valence-corrected chi connectivity index (χ2v) is 5.34. The van der Waals surface area contributed by atoms with Crippen LogP contribution in [0.15, 0.2) is 0 Å². The highest BCUT2D eigenvalue weighted by molar-refractivity contribution is 4.83. The third-order valence-electron chi connectivity index (χ3n) is 3.91. The van der Waals surface area contributed by atoms with E-state index in [4.69, 9.17) is 4.74 Å². The number of likely N-dealkylation sites (tertiary alicyclic amines) is 1. The second-order valence-electron chi connectivity index (χ2n) is 5.34. The number of nitrogens with zero attached hydrogens (tertiary/aromatic N) is 1. The molecule has 0 saturated carbocycles. The van der Waals surface area contributed by atoms with Gasteiger partial charge in [0.1, 0.15) is 0 Å². The van der Waals surface area contributed by atoms with Crippen LogP contribution in [-0.2, 0) is 4.74 Å². The predicted molar refractivity (Wildman–Crippen MR) is 68.1 cm³/mol. The van der Waals surface area contributed by atoms with Gasteiger partial charge in [-0.3, -0.25) is 0 Å². The molecular weight excluding hydrogens is 216 g/mol. The zero-order valence-electron chi connectivity index (χ0n) is 10.9. The Kier molecular flexibility index (Phi) is 5.22. The molecule has 2 fully saturated rings. The largest absolute Gasteiger partial charge is 0.392 e. The molecule has 2 rings (SSSR count). The molecule has 2 aliphatic rings. The van der Waals surface area contributed by atoms with Crippen LogP contribution in [0.3, 0.4) is 0 Å². The van der Waals surface area contributed by atoms with Gasteiger partial charge in [-0.2, -0.15) is 0 Å². The van der Waals surface area contributed by atoms with Gasteiger partial charge in [0.15, 0.2) is 0 Å². The lowest BCUT2D eigenvalue weighted by atomic mass is 9.94.